The molecule has 7 nitrogen and oxygen atoms in total. The number of para-hydroxylation sites is 1. The minimum atomic E-state index is -4.68. The summed E-state index contributed by atoms with van der Waals surface area (Å²) < 4.78 is 45.4. The molecule has 3 aromatic carbocycles. The fourth-order valence-electron chi connectivity index (χ4n) is 6.38. The van der Waals surface area contributed by atoms with Gasteiger partial charge < -0.3 is 9.80 Å². The SMILES string of the molecule is CN(C)CCC(=O)N1CC=C(c2ccc(-n3c(=O)ccc4cnc5ccc(-c6cnc7ccccc7c6)cc5c43)cc2C(F)(F)F)CC1. The van der Waals surface area contributed by atoms with Crippen LogP contribution in [0.3, 0.4) is 0 Å². The fraction of sp³-hybridized carbons (Fsp3) is 0.211. The van der Waals surface area contributed by atoms with Crippen molar-refractivity contribution in [1.29, 1.82) is 0 Å². The molecule has 3 aromatic heterocycles. The van der Waals surface area contributed by atoms with Crippen LogP contribution in [0.4, 0.5) is 13.2 Å². The van der Waals surface area contributed by atoms with Crippen molar-refractivity contribution in [1.82, 2.24) is 24.3 Å². The Morgan fingerprint density at radius 3 is 2.46 bits per heavy atom. The first-order valence-corrected chi connectivity index (χ1v) is 15.7. The lowest BCUT2D eigenvalue weighted by molar-refractivity contribution is -0.138. The minimum Gasteiger partial charge on any atom is -0.339 e. The summed E-state index contributed by atoms with van der Waals surface area (Å²) in [6, 6.07) is 22.5. The molecule has 0 atom stereocenters. The van der Waals surface area contributed by atoms with E-state index in [2.05, 4.69) is 9.97 Å². The molecule has 242 valence electrons. The van der Waals surface area contributed by atoms with Crippen molar-refractivity contribution in [2.45, 2.75) is 19.0 Å². The zero-order valence-electron chi connectivity index (χ0n) is 26.5. The average molecular weight is 648 g/mol. The van der Waals surface area contributed by atoms with E-state index in [4.69, 9.17) is 0 Å². The van der Waals surface area contributed by atoms with Crippen molar-refractivity contribution >= 4 is 44.2 Å². The first-order chi connectivity index (χ1) is 23.1. The van der Waals surface area contributed by atoms with Gasteiger partial charge in [0.15, 0.2) is 0 Å². The van der Waals surface area contributed by atoms with E-state index in [9.17, 15) is 22.8 Å². The number of fused-ring (bicyclic) bond motifs is 4. The highest BCUT2D eigenvalue weighted by molar-refractivity contribution is 6.05. The predicted molar refractivity (Wildman–Crippen MR) is 183 cm³/mol. The number of nitrogens with zero attached hydrogens (tertiary/aromatic N) is 5. The number of rotatable bonds is 6. The van der Waals surface area contributed by atoms with Gasteiger partial charge in [-0.2, -0.15) is 13.2 Å². The molecular weight excluding hydrogens is 615 g/mol. The Morgan fingerprint density at radius 1 is 0.875 bits per heavy atom. The summed E-state index contributed by atoms with van der Waals surface area (Å²) >= 11 is 0. The van der Waals surface area contributed by atoms with Crippen molar-refractivity contribution in [3.05, 3.63) is 119 Å². The molecule has 6 aromatic rings. The van der Waals surface area contributed by atoms with Gasteiger partial charge in [0.2, 0.25) is 5.91 Å². The Balaban J connectivity index is 1.33. The average Bonchev–Trinajstić information content (AvgIpc) is 3.09. The molecule has 0 aliphatic carbocycles. The van der Waals surface area contributed by atoms with Gasteiger partial charge in [-0.15, -0.1) is 0 Å². The second-order valence-electron chi connectivity index (χ2n) is 12.3. The summed E-state index contributed by atoms with van der Waals surface area (Å²) in [6.07, 6.45) is 1.08. The minimum absolute atomic E-state index is 0.0255. The van der Waals surface area contributed by atoms with Crippen LogP contribution in [0.1, 0.15) is 24.0 Å². The highest BCUT2D eigenvalue weighted by Crippen LogP contribution is 2.39. The van der Waals surface area contributed by atoms with Crippen LogP contribution in [-0.2, 0) is 11.0 Å². The number of aromatic nitrogens is 3. The van der Waals surface area contributed by atoms with Crippen LogP contribution in [-0.4, -0.2) is 64.0 Å². The first-order valence-electron chi connectivity index (χ1n) is 15.7. The number of pyridine rings is 3. The largest absolute Gasteiger partial charge is 0.417 e. The van der Waals surface area contributed by atoms with E-state index in [1.54, 1.807) is 35.5 Å². The summed E-state index contributed by atoms with van der Waals surface area (Å²) in [5.41, 5.74) is 3.02. The van der Waals surface area contributed by atoms with Gasteiger partial charge in [-0.05, 0) is 79.7 Å². The third kappa shape index (κ3) is 5.95. The number of benzene rings is 3. The second-order valence-corrected chi connectivity index (χ2v) is 12.3. The van der Waals surface area contributed by atoms with E-state index < -0.39 is 17.3 Å². The number of amides is 1. The van der Waals surface area contributed by atoms with Crippen LogP contribution in [0, 0.1) is 0 Å². The molecule has 0 N–H and O–H groups in total. The quantitative estimate of drug-likeness (QED) is 0.177. The summed E-state index contributed by atoms with van der Waals surface area (Å²) in [5, 5.41) is 2.21. The standard InChI is InChI=1S/C38H32F3N5O2/c1-44(2)16-15-35(47)45-17-13-24(14-18-45)30-10-9-29(21-32(30)38(39,40)41)46-36(48)12-8-27-22-43-34-11-7-25(20-31(34)37(27)46)28-19-26-5-3-4-6-33(26)42-23-28/h3-13,19-23H,14-18H2,1-2H3. The van der Waals surface area contributed by atoms with Gasteiger partial charge in [0.05, 0.1) is 22.1 Å². The number of alkyl halides is 3. The summed E-state index contributed by atoms with van der Waals surface area (Å²) in [7, 11) is 3.77. The summed E-state index contributed by atoms with van der Waals surface area (Å²) in [6.45, 7) is 1.19. The summed E-state index contributed by atoms with van der Waals surface area (Å²) in [4.78, 5) is 38.9. The topological polar surface area (TPSA) is 71.3 Å². The Hall–Kier alpha value is -5.35. The molecule has 7 rings (SSSR count). The zero-order chi connectivity index (χ0) is 33.6. The van der Waals surface area contributed by atoms with E-state index in [0.29, 0.717) is 53.3 Å². The molecule has 0 saturated heterocycles. The molecule has 1 amide bonds. The molecule has 4 heterocycles. The molecule has 1 aliphatic heterocycles. The maximum absolute atomic E-state index is 14.7. The Kier molecular flexibility index (Phi) is 8.04. The van der Waals surface area contributed by atoms with Crippen LogP contribution in [0.5, 0.6) is 0 Å². The fourth-order valence-corrected chi connectivity index (χ4v) is 6.38. The highest BCUT2D eigenvalue weighted by atomic mass is 19.4. The van der Waals surface area contributed by atoms with E-state index >= 15 is 0 Å². The molecule has 0 fully saturated rings. The number of hydrogen-bond donors (Lipinski definition) is 0. The van der Waals surface area contributed by atoms with Crippen LogP contribution in [0.25, 0.3) is 55.1 Å². The number of carbonyl (C=O) groups is 1. The maximum Gasteiger partial charge on any atom is 0.417 e. The van der Waals surface area contributed by atoms with Crippen molar-refractivity contribution in [2.75, 3.05) is 33.7 Å². The predicted octanol–water partition coefficient (Wildman–Crippen LogP) is 7.34. The van der Waals surface area contributed by atoms with Gasteiger partial charge in [0, 0.05) is 71.9 Å². The van der Waals surface area contributed by atoms with E-state index in [1.165, 1.54) is 16.7 Å². The Labute approximate surface area is 274 Å². The van der Waals surface area contributed by atoms with Gasteiger partial charge in [-0.25, -0.2) is 0 Å². The van der Waals surface area contributed by atoms with Crippen molar-refractivity contribution < 1.29 is 18.0 Å². The van der Waals surface area contributed by atoms with Crippen LogP contribution < -0.4 is 5.56 Å². The molecule has 0 bridgehead atoms. The van der Waals surface area contributed by atoms with Gasteiger partial charge in [-0.1, -0.05) is 36.4 Å². The number of carbonyl (C=O) groups excluding carboxylic acids is 1. The van der Waals surface area contributed by atoms with Gasteiger partial charge >= 0.3 is 6.18 Å². The number of halogens is 3. The van der Waals surface area contributed by atoms with Crippen LogP contribution in [0.15, 0.2) is 102 Å². The highest BCUT2D eigenvalue weighted by Gasteiger charge is 2.35. The van der Waals surface area contributed by atoms with Crippen LogP contribution >= 0.6 is 0 Å². The van der Waals surface area contributed by atoms with Gasteiger partial charge in [0.25, 0.3) is 5.56 Å². The molecule has 48 heavy (non-hydrogen) atoms. The third-order valence-electron chi connectivity index (χ3n) is 8.89. The van der Waals surface area contributed by atoms with Gasteiger partial charge in [0.1, 0.15) is 0 Å². The molecule has 0 spiro atoms. The van der Waals surface area contributed by atoms with Crippen LogP contribution in [0.2, 0.25) is 0 Å². The van der Waals surface area contributed by atoms with Gasteiger partial charge in [-0.3, -0.25) is 24.1 Å². The molecular formula is C38H32F3N5O2. The monoisotopic (exact) mass is 647 g/mol. The first kappa shape index (κ1) is 31.3. The van der Waals surface area contributed by atoms with Crippen molar-refractivity contribution in [3.63, 3.8) is 0 Å². The smallest absolute Gasteiger partial charge is 0.339 e. The molecule has 0 saturated carbocycles. The molecule has 1 aliphatic rings. The maximum atomic E-state index is 14.7. The van der Waals surface area contributed by atoms with E-state index in [0.717, 1.165) is 28.1 Å². The Bertz CT molecular complexity index is 2310. The lowest BCUT2D eigenvalue weighted by Gasteiger charge is -2.28. The van der Waals surface area contributed by atoms with E-state index in [-0.39, 0.29) is 23.7 Å². The Morgan fingerprint density at radius 2 is 1.69 bits per heavy atom. The summed E-state index contributed by atoms with van der Waals surface area (Å²) in [5.74, 6) is -0.0255. The lowest BCUT2D eigenvalue weighted by atomic mass is 9.93. The lowest BCUT2D eigenvalue weighted by Crippen LogP contribution is -2.36. The number of hydrogen-bond acceptors (Lipinski definition) is 5. The zero-order valence-corrected chi connectivity index (χ0v) is 26.5. The molecule has 0 unspecified atom stereocenters. The molecule has 10 heteroatoms. The van der Waals surface area contributed by atoms with Crippen molar-refractivity contribution in [2.24, 2.45) is 0 Å². The van der Waals surface area contributed by atoms with E-state index in [1.807, 2.05) is 67.5 Å². The van der Waals surface area contributed by atoms with Crippen molar-refractivity contribution in [3.8, 4) is 16.8 Å². The molecule has 0 radical (unpaired) electrons. The normalized spacial score (nSPS) is 13.9. The third-order valence-corrected chi connectivity index (χ3v) is 8.89. The second kappa shape index (κ2) is 12.4.